The van der Waals surface area contributed by atoms with Gasteiger partial charge in [-0.05, 0) is 38.3 Å². The molecular weight excluding hydrogens is 232 g/mol. The molecule has 3 heteroatoms. The van der Waals surface area contributed by atoms with Crippen LogP contribution in [0.25, 0.3) is 0 Å². The van der Waals surface area contributed by atoms with Crippen LogP contribution in [-0.2, 0) is 6.54 Å². The van der Waals surface area contributed by atoms with Crippen molar-refractivity contribution in [2.45, 2.75) is 51.7 Å². The van der Waals surface area contributed by atoms with Gasteiger partial charge >= 0.3 is 0 Å². The predicted octanol–water partition coefficient (Wildman–Crippen LogP) is 3.57. The zero-order chi connectivity index (χ0) is 12.4. The minimum atomic E-state index is 0.509. The van der Waals surface area contributed by atoms with Crippen molar-refractivity contribution in [3.63, 3.8) is 0 Å². The molecule has 1 aromatic rings. The Labute approximate surface area is 109 Å². The molecule has 0 bridgehead atoms. The van der Waals surface area contributed by atoms with E-state index in [2.05, 4.69) is 24.8 Å². The standard InChI is InChI=1S/C14H21ClN2/c1-3-11-8-7-10(2)17(11)14-6-4-5-13(15)12(14)9-16/h4-6,10-11H,3,7-9,16H2,1-2H3. The van der Waals surface area contributed by atoms with E-state index in [0.717, 1.165) is 10.6 Å². The monoisotopic (exact) mass is 252 g/mol. The van der Waals surface area contributed by atoms with Gasteiger partial charge in [0.25, 0.3) is 0 Å². The number of benzene rings is 1. The summed E-state index contributed by atoms with van der Waals surface area (Å²) in [4.78, 5) is 2.51. The fourth-order valence-corrected chi connectivity index (χ4v) is 3.14. The SMILES string of the molecule is CCC1CCC(C)N1c1cccc(Cl)c1CN. The first-order valence-corrected chi connectivity index (χ1v) is 6.82. The number of hydrogen-bond acceptors (Lipinski definition) is 2. The summed E-state index contributed by atoms with van der Waals surface area (Å²) in [6.45, 7) is 5.05. The van der Waals surface area contributed by atoms with Crippen molar-refractivity contribution < 1.29 is 0 Å². The second-order valence-electron chi connectivity index (χ2n) is 4.84. The first-order valence-electron chi connectivity index (χ1n) is 6.44. The van der Waals surface area contributed by atoms with Gasteiger partial charge < -0.3 is 10.6 Å². The molecule has 0 aliphatic carbocycles. The van der Waals surface area contributed by atoms with E-state index in [4.69, 9.17) is 17.3 Å². The van der Waals surface area contributed by atoms with Gasteiger partial charge in [-0.25, -0.2) is 0 Å². The van der Waals surface area contributed by atoms with Crippen LogP contribution in [0.3, 0.4) is 0 Å². The summed E-state index contributed by atoms with van der Waals surface area (Å²) in [5.74, 6) is 0. The van der Waals surface area contributed by atoms with E-state index < -0.39 is 0 Å². The van der Waals surface area contributed by atoms with Crippen LogP contribution in [0.5, 0.6) is 0 Å². The maximum atomic E-state index is 6.24. The molecule has 1 aliphatic heterocycles. The number of halogens is 1. The number of nitrogens with two attached hydrogens (primary N) is 1. The fraction of sp³-hybridized carbons (Fsp3) is 0.571. The van der Waals surface area contributed by atoms with Gasteiger partial charge in [-0.1, -0.05) is 24.6 Å². The third-order valence-corrected chi connectivity index (χ3v) is 4.19. The molecule has 1 saturated heterocycles. The third kappa shape index (κ3) is 2.29. The van der Waals surface area contributed by atoms with Crippen molar-refractivity contribution >= 4 is 17.3 Å². The van der Waals surface area contributed by atoms with Crippen molar-refractivity contribution in [2.75, 3.05) is 4.90 Å². The number of rotatable bonds is 3. The lowest BCUT2D eigenvalue weighted by molar-refractivity contribution is 0.625. The summed E-state index contributed by atoms with van der Waals surface area (Å²) in [7, 11) is 0. The molecular formula is C14H21ClN2. The van der Waals surface area contributed by atoms with Crippen LogP contribution in [0.15, 0.2) is 18.2 Å². The quantitative estimate of drug-likeness (QED) is 0.891. The highest BCUT2D eigenvalue weighted by molar-refractivity contribution is 6.31. The molecule has 2 unspecified atom stereocenters. The van der Waals surface area contributed by atoms with Gasteiger partial charge in [-0.2, -0.15) is 0 Å². The second-order valence-corrected chi connectivity index (χ2v) is 5.24. The Hall–Kier alpha value is -0.730. The summed E-state index contributed by atoms with van der Waals surface area (Å²) in [5, 5.41) is 0.791. The van der Waals surface area contributed by atoms with Gasteiger partial charge in [-0.15, -0.1) is 0 Å². The first kappa shape index (κ1) is 12.7. The Morgan fingerprint density at radius 3 is 2.82 bits per heavy atom. The van der Waals surface area contributed by atoms with E-state index >= 15 is 0 Å². The second kappa shape index (κ2) is 5.28. The maximum absolute atomic E-state index is 6.24. The number of hydrogen-bond donors (Lipinski definition) is 1. The Morgan fingerprint density at radius 2 is 2.18 bits per heavy atom. The Kier molecular flexibility index (Phi) is 3.95. The third-order valence-electron chi connectivity index (χ3n) is 3.83. The molecule has 1 heterocycles. The van der Waals surface area contributed by atoms with Crippen LogP contribution in [0.2, 0.25) is 5.02 Å². The molecule has 2 N–H and O–H groups in total. The van der Waals surface area contributed by atoms with Crippen molar-refractivity contribution in [1.82, 2.24) is 0 Å². The predicted molar refractivity (Wildman–Crippen MR) is 74.6 cm³/mol. The molecule has 2 atom stereocenters. The first-order chi connectivity index (χ1) is 8.19. The topological polar surface area (TPSA) is 29.3 Å². The van der Waals surface area contributed by atoms with Crippen molar-refractivity contribution in [1.29, 1.82) is 0 Å². The molecule has 0 radical (unpaired) electrons. The van der Waals surface area contributed by atoms with E-state index in [1.54, 1.807) is 0 Å². The van der Waals surface area contributed by atoms with Crippen molar-refractivity contribution in [2.24, 2.45) is 5.73 Å². The zero-order valence-corrected chi connectivity index (χ0v) is 11.4. The van der Waals surface area contributed by atoms with E-state index in [-0.39, 0.29) is 0 Å². The van der Waals surface area contributed by atoms with Crippen LogP contribution in [0, 0.1) is 0 Å². The smallest absolute Gasteiger partial charge is 0.0471 e. The molecule has 0 saturated carbocycles. The highest BCUT2D eigenvalue weighted by atomic mass is 35.5. The molecule has 0 aromatic heterocycles. The van der Waals surface area contributed by atoms with Crippen molar-refractivity contribution in [3.8, 4) is 0 Å². The summed E-state index contributed by atoms with van der Waals surface area (Å²) in [5.41, 5.74) is 8.16. The largest absolute Gasteiger partial charge is 0.366 e. The molecule has 2 rings (SSSR count). The molecule has 2 nitrogen and oxygen atoms in total. The fourth-order valence-electron chi connectivity index (χ4n) is 2.90. The minimum Gasteiger partial charge on any atom is -0.366 e. The van der Waals surface area contributed by atoms with Crippen LogP contribution in [0.1, 0.15) is 38.7 Å². The highest BCUT2D eigenvalue weighted by Crippen LogP contribution is 2.36. The van der Waals surface area contributed by atoms with E-state index in [1.807, 2.05) is 12.1 Å². The number of nitrogens with zero attached hydrogens (tertiary/aromatic N) is 1. The van der Waals surface area contributed by atoms with Gasteiger partial charge in [0, 0.05) is 34.9 Å². The lowest BCUT2D eigenvalue weighted by atomic mass is 10.1. The molecule has 0 spiro atoms. The van der Waals surface area contributed by atoms with Gasteiger partial charge in [0.2, 0.25) is 0 Å². The Bertz CT molecular complexity index is 392. The summed E-state index contributed by atoms with van der Waals surface area (Å²) >= 11 is 6.24. The molecule has 1 aromatic carbocycles. The minimum absolute atomic E-state index is 0.509. The van der Waals surface area contributed by atoms with E-state index in [0.29, 0.717) is 18.6 Å². The molecule has 94 valence electrons. The highest BCUT2D eigenvalue weighted by Gasteiger charge is 2.30. The van der Waals surface area contributed by atoms with E-state index in [9.17, 15) is 0 Å². The van der Waals surface area contributed by atoms with Gasteiger partial charge in [0.05, 0.1) is 0 Å². The van der Waals surface area contributed by atoms with Gasteiger partial charge in [0.1, 0.15) is 0 Å². The molecule has 0 amide bonds. The maximum Gasteiger partial charge on any atom is 0.0471 e. The normalized spacial score (nSPS) is 24.4. The summed E-state index contributed by atoms with van der Waals surface area (Å²) < 4.78 is 0. The van der Waals surface area contributed by atoms with Gasteiger partial charge in [-0.3, -0.25) is 0 Å². The molecule has 1 fully saturated rings. The van der Waals surface area contributed by atoms with Crippen LogP contribution < -0.4 is 10.6 Å². The van der Waals surface area contributed by atoms with E-state index in [1.165, 1.54) is 24.9 Å². The van der Waals surface area contributed by atoms with Crippen LogP contribution in [0.4, 0.5) is 5.69 Å². The lowest BCUT2D eigenvalue weighted by Crippen LogP contribution is -2.35. The van der Waals surface area contributed by atoms with Crippen LogP contribution in [-0.4, -0.2) is 12.1 Å². The average molecular weight is 253 g/mol. The Balaban J connectivity index is 2.41. The van der Waals surface area contributed by atoms with Crippen LogP contribution >= 0.6 is 11.6 Å². The zero-order valence-electron chi connectivity index (χ0n) is 10.6. The van der Waals surface area contributed by atoms with Gasteiger partial charge in [0.15, 0.2) is 0 Å². The molecule has 17 heavy (non-hydrogen) atoms. The number of anilines is 1. The summed E-state index contributed by atoms with van der Waals surface area (Å²) in [6.07, 6.45) is 3.71. The summed E-state index contributed by atoms with van der Waals surface area (Å²) in [6, 6.07) is 7.32. The average Bonchev–Trinajstić information content (AvgIpc) is 2.70. The van der Waals surface area contributed by atoms with Crippen molar-refractivity contribution in [3.05, 3.63) is 28.8 Å². The Morgan fingerprint density at radius 1 is 1.41 bits per heavy atom. The molecule has 1 aliphatic rings. The lowest BCUT2D eigenvalue weighted by Gasteiger charge is -2.32.